The van der Waals surface area contributed by atoms with Crippen LogP contribution in [0, 0.1) is 0 Å². The highest BCUT2D eigenvalue weighted by molar-refractivity contribution is 5.69. The van der Waals surface area contributed by atoms with E-state index in [9.17, 15) is 13.6 Å². The number of halogens is 2. The maximum Gasteiger partial charge on any atom is 0.306 e. The molecule has 1 N–H and O–H groups in total. The number of nitrogens with one attached hydrogen (secondary N) is 1. The summed E-state index contributed by atoms with van der Waals surface area (Å²) in [4.78, 5) is 10.6. The van der Waals surface area contributed by atoms with E-state index < -0.39 is 13.0 Å². The quantitative estimate of drug-likeness (QED) is 0.467. The van der Waals surface area contributed by atoms with Gasteiger partial charge in [0.2, 0.25) is 0 Å². The van der Waals surface area contributed by atoms with Gasteiger partial charge in [-0.2, -0.15) is 0 Å². The molecule has 0 amide bonds. The number of ether oxygens (including phenoxy) is 2. The molecule has 0 atom stereocenters. The van der Waals surface area contributed by atoms with E-state index in [0.29, 0.717) is 13.1 Å². The molecule has 0 aliphatic heterocycles. The second-order valence-electron chi connectivity index (χ2n) is 2.54. The summed E-state index contributed by atoms with van der Waals surface area (Å²) < 4.78 is 32.1. The number of methoxy groups -OCH3 is 1. The van der Waals surface area contributed by atoms with Crippen LogP contribution in [0.15, 0.2) is 0 Å². The van der Waals surface area contributed by atoms with E-state index in [1.54, 1.807) is 0 Å². The molecule has 0 saturated carbocycles. The second kappa shape index (κ2) is 8.83. The van der Waals surface area contributed by atoms with Gasteiger partial charge in [-0.25, -0.2) is 8.78 Å². The third-order valence-electron chi connectivity index (χ3n) is 1.40. The molecule has 84 valence electrons. The van der Waals surface area contributed by atoms with Crippen molar-refractivity contribution < 1.29 is 23.0 Å². The number of carbonyl (C=O) groups excluding carboxylic acids is 1. The lowest BCUT2D eigenvalue weighted by atomic mass is 10.4. The summed E-state index contributed by atoms with van der Waals surface area (Å²) in [6, 6.07) is 0. The summed E-state index contributed by atoms with van der Waals surface area (Å²) in [5, 5.41) is 2.85. The lowest BCUT2D eigenvalue weighted by molar-refractivity contribution is -0.140. The first kappa shape index (κ1) is 13.2. The van der Waals surface area contributed by atoms with Gasteiger partial charge in [0.25, 0.3) is 6.43 Å². The molecule has 0 aliphatic carbocycles. The maximum absolute atomic E-state index is 11.6. The highest BCUT2D eigenvalue weighted by atomic mass is 19.3. The Hall–Kier alpha value is -0.750. The van der Waals surface area contributed by atoms with Crippen LogP contribution in [0.1, 0.15) is 6.42 Å². The van der Waals surface area contributed by atoms with Crippen LogP contribution < -0.4 is 5.32 Å². The minimum atomic E-state index is -2.43. The Morgan fingerprint density at radius 1 is 1.43 bits per heavy atom. The third-order valence-corrected chi connectivity index (χ3v) is 1.40. The first-order valence-electron chi connectivity index (χ1n) is 4.30. The fraction of sp³-hybridized carbons (Fsp3) is 0.875. The average molecular weight is 211 g/mol. The number of alkyl halides is 2. The molecule has 4 nitrogen and oxygen atoms in total. The Morgan fingerprint density at radius 2 is 2.14 bits per heavy atom. The molecular formula is C8H15F2NO3. The van der Waals surface area contributed by atoms with Gasteiger partial charge >= 0.3 is 5.97 Å². The standard InChI is InChI=1S/C8H15F2NO3/c1-13-8(12)2-3-11-4-5-14-6-7(9)10/h7,11H,2-6H2,1H3. The summed E-state index contributed by atoms with van der Waals surface area (Å²) in [5.74, 6) is -0.300. The van der Waals surface area contributed by atoms with Gasteiger partial charge in [-0.05, 0) is 0 Å². The van der Waals surface area contributed by atoms with E-state index in [0.717, 1.165) is 0 Å². The maximum atomic E-state index is 11.6. The number of esters is 1. The molecule has 0 heterocycles. The predicted molar refractivity (Wildman–Crippen MR) is 46.3 cm³/mol. The van der Waals surface area contributed by atoms with Gasteiger partial charge < -0.3 is 14.8 Å². The molecule has 0 aromatic heterocycles. The van der Waals surface area contributed by atoms with Crippen molar-refractivity contribution in [3.05, 3.63) is 0 Å². The molecule has 0 radical (unpaired) electrons. The van der Waals surface area contributed by atoms with Crippen LogP contribution in [0.4, 0.5) is 8.78 Å². The Morgan fingerprint density at radius 3 is 2.71 bits per heavy atom. The van der Waals surface area contributed by atoms with Gasteiger partial charge in [0, 0.05) is 13.1 Å². The smallest absolute Gasteiger partial charge is 0.306 e. The highest BCUT2D eigenvalue weighted by Crippen LogP contribution is 1.91. The van der Waals surface area contributed by atoms with Crippen LogP contribution in [-0.2, 0) is 14.3 Å². The molecule has 0 rings (SSSR count). The molecule has 0 aliphatic rings. The van der Waals surface area contributed by atoms with Crippen LogP contribution in [0.5, 0.6) is 0 Å². The minimum Gasteiger partial charge on any atom is -0.469 e. The van der Waals surface area contributed by atoms with Gasteiger partial charge in [0.15, 0.2) is 0 Å². The fourth-order valence-electron chi connectivity index (χ4n) is 0.734. The van der Waals surface area contributed by atoms with E-state index in [2.05, 4.69) is 14.8 Å². The van der Waals surface area contributed by atoms with Gasteiger partial charge in [-0.15, -0.1) is 0 Å². The molecule has 14 heavy (non-hydrogen) atoms. The van der Waals surface area contributed by atoms with Crippen LogP contribution in [0.25, 0.3) is 0 Å². The van der Waals surface area contributed by atoms with Gasteiger partial charge in [-0.1, -0.05) is 0 Å². The summed E-state index contributed by atoms with van der Waals surface area (Å²) in [7, 11) is 1.31. The van der Waals surface area contributed by atoms with Gasteiger partial charge in [0.1, 0.15) is 6.61 Å². The Bertz CT molecular complexity index is 156. The van der Waals surface area contributed by atoms with Crippen molar-refractivity contribution in [1.82, 2.24) is 5.32 Å². The van der Waals surface area contributed by atoms with E-state index >= 15 is 0 Å². The van der Waals surface area contributed by atoms with E-state index in [1.807, 2.05) is 0 Å². The third kappa shape index (κ3) is 9.34. The zero-order valence-corrected chi connectivity index (χ0v) is 8.09. The molecule has 0 saturated heterocycles. The topological polar surface area (TPSA) is 47.6 Å². The minimum absolute atomic E-state index is 0.214. The molecule has 0 aromatic rings. The number of rotatable bonds is 8. The van der Waals surface area contributed by atoms with Gasteiger partial charge in [0.05, 0.1) is 20.1 Å². The van der Waals surface area contributed by atoms with Crippen LogP contribution in [0.2, 0.25) is 0 Å². The SMILES string of the molecule is COC(=O)CCNCCOCC(F)F. The molecule has 0 fully saturated rings. The molecular weight excluding hydrogens is 196 g/mol. The van der Waals surface area contributed by atoms with Crippen LogP contribution in [-0.4, -0.2) is 45.8 Å². The summed E-state index contributed by atoms with van der Waals surface area (Å²) in [6.07, 6.45) is -2.16. The Labute approximate surface area is 81.6 Å². The normalized spacial score (nSPS) is 10.6. The lowest BCUT2D eigenvalue weighted by Gasteiger charge is -2.04. The van der Waals surface area contributed by atoms with Crippen molar-refractivity contribution in [1.29, 1.82) is 0 Å². The summed E-state index contributed by atoms with van der Waals surface area (Å²) >= 11 is 0. The zero-order chi connectivity index (χ0) is 10.8. The Kier molecular flexibility index (Phi) is 8.36. The molecule has 0 aromatic carbocycles. The monoisotopic (exact) mass is 211 g/mol. The highest BCUT2D eigenvalue weighted by Gasteiger charge is 2.01. The summed E-state index contributed by atoms with van der Waals surface area (Å²) in [6.45, 7) is 0.582. The van der Waals surface area contributed by atoms with Crippen molar-refractivity contribution in [3.63, 3.8) is 0 Å². The molecule has 0 unspecified atom stereocenters. The molecule has 0 spiro atoms. The van der Waals surface area contributed by atoms with Crippen molar-refractivity contribution in [3.8, 4) is 0 Å². The van der Waals surface area contributed by atoms with Crippen LogP contribution >= 0.6 is 0 Å². The zero-order valence-electron chi connectivity index (χ0n) is 8.09. The van der Waals surface area contributed by atoms with Crippen LogP contribution in [0.3, 0.4) is 0 Å². The first-order valence-corrected chi connectivity index (χ1v) is 4.30. The van der Waals surface area contributed by atoms with Gasteiger partial charge in [-0.3, -0.25) is 4.79 Å². The van der Waals surface area contributed by atoms with Crippen molar-refractivity contribution in [2.45, 2.75) is 12.8 Å². The predicted octanol–water partition coefficient (Wildman–Crippen LogP) is 0.421. The number of carbonyl (C=O) groups is 1. The van der Waals surface area contributed by atoms with E-state index in [1.165, 1.54) is 7.11 Å². The number of hydrogen-bond acceptors (Lipinski definition) is 4. The van der Waals surface area contributed by atoms with E-state index in [4.69, 9.17) is 0 Å². The fourth-order valence-corrected chi connectivity index (χ4v) is 0.734. The van der Waals surface area contributed by atoms with Crippen molar-refractivity contribution in [2.24, 2.45) is 0 Å². The molecule has 6 heteroatoms. The van der Waals surface area contributed by atoms with E-state index in [-0.39, 0.29) is 19.0 Å². The average Bonchev–Trinajstić information content (AvgIpc) is 2.15. The van der Waals surface area contributed by atoms with Crippen molar-refractivity contribution >= 4 is 5.97 Å². The second-order valence-corrected chi connectivity index (χ2v) is 2.54. The largest absolute Gasteiger partial charge is 0.469 e. The lowest BCUT2D eigenvalue weighted by Crippen LogP contribution is -2.23. The Balaban J connectivity index is 3.03. The summed E-state index contributed by atoms with van der Waals surface area (Å²) in [5.41, 5.74) is 0. The first-order chi connectivity index (χ1) is 6.66. The number of hydrogen-bond donors (Lipinski definition) is 1. The van der Waals surface area contributed by atoms with Crippen molar-refractivity contribution in [2.75, 3.05) is 33.4 Å². The molecule has 0 bridgehead atoms.